The summed E-state index contributed by atoms with van der Waals surface area (Å²) in [7, 11) is 4.39. The number of carbonyl (C=O) groups excluding carboxylic acids is 1. The third-order valence-corrected chi connectivity index (χ3v) is 3.74. The zero-order chi connectivity index (χ0) is 20.0. The van der Waals surface area contributed by atoms with Crippen LogP contribution in [0.1, 0.15) is 20.7 Å². The van der Waals surface area contributed by atoms with Crippen molar-refractivity contribution in [3.63, 3.8) is 0 Å². The highest BCUT2D eigenvalue weighted by Crippen LogP contribution is 2.26. The van der Waals surface area contributed by atoms with Crippen LogP contribution < -0.4 is 24.8 Å². The Kier molecular flexibility index (Phi) is 6.56. The maximum atomic E-state index is 12.4. The Hall–Kier alpha value is -3.33. The molecule has 0 bridgehead atoms. The van der Waals surface area contributed by atoms with Crippen LogP contribution >= 0.6 is 12.2 Å². The van der Waals surface area contributed by atoms with Gasteiger partial charge in [0.1, 0.15) is 17.2 Å². The van der Waals surface area contributed by atoms with E-state index in [9.17, 15) is 9.59 Å². The van der Waals surface area contributed by atoms with Crippen molar-refractivity contribution in [3.8, 4) is 17.2 Å². The average Bonchev–Trinajstić information content (AvgIpc) is 2.67. The molecule has 0 heterocycles. The number of ether oxygens (including phenoxy) is 3. The molecule has 142 valence electrons. The third-order valence-electron chi connectivity index (χ3n) is 3.54. The third kappa shape index (κ3) is 5.08. The number of hydrogen-bond acceptors (Lipinski definition) is 6. The van der Waals surface area contributed by atoms with Crippen LogP contribution in [0.5, 0.6) is 17.2 Å². The van der Waals surface area contributed by atoms with Gasteiger partial charge in [0.15, 0.2) is 5.11 Å². The van der Waals surface area contributed by atoms with Crippen LogP contribution in [-0.2, 0) is 0 Å². The predicted molar refractivity (Wildman–Crippen MR) is 103 cm³/mol. The van der Waals surface area contributed by atoms with Crippen LogP contribution in [-0.4, -0.2) is 43.4 Å². The highest BCUT2D eigenvalue weighted by molar-refractivity contribution is 7.80. The Bertz CT molecular complexity index is 862. The van der Waals surface area contributed by atoms with Crippen molar-refractivity contribution in [2.45, 2.75) is 0 Å². The van der Waals surface area contributed by atoms with E-state index in [0.717, 1.165) is 0 Å². The van der Waals surface area contributed by atoms with E-state index in [1.165, 1.54) is 51.7 Å². The fraction of sp³-hybridized carbons (Fsp3) is 0.167. The van der Waals surface area contributed by atoms with Crippen molar-refractivity contribution in [1.29, 1.82) is 0 Å². The maximum absolute atomic E-state index is 12.4. The number of carboxylic acid groups (broad SMARTS) is 1. The first kappa shape index (κ1) is 20.0. The van der Waals surface area contributed by atoms with Crippen LogP contribution in [0.25, 0.3) is 0 Å². The Morgan fingerprint density at radius 1 is 0.926 bits per heavy atom. The van der Waals surface area contributed by atoms with E-state index in [0.29, 0.717) is 22.9 Å². The van der Waals surface area contributed by atoms with Crippen LogP contribution in [0, 0.1) is 0 Å². The van der Waals surface area contributed by atoms with Crippen molar-refractivity contribution in [2.75, 3.05) is 26.6 Å². The van der Waals surface area contributed by atoms with Crippen LogP contribution in [0.4, 0.5) is 5.69 Å². The van der Waals surface area contributed by atoms with E-state index < -0.39 is 11.9 Å². The number of anilines is 1. The predicted octanol–water partition coefficient (Wildman–Crippen LogP) is 2.54. The first-order chi connectivity index (χ1) is 12.9. The van der Waals surface area contributed by atoms with E-state index in [2.05, 4.69) is 10.6 Å². The van der Waals surface area contributed by atoms with E-state index >= 15 is 0 Å². The van der Waals surface area contributed by atoms with Gasteiger partial charge in [-0.05, 0) is 42.5 Å². The van der Waals surface area contributed by atoms with Gasteiger partial charge in [-0.25, -0.2) is 4.79 Å². The molecule has 0 saturated carbocycles. The van der Waals surface area contributed by atoms with Gasteiger partial charge in [-0.3, -0.25) is 10.1 Å². The SMILES string of the molecule is COc1cc(OC)cc(C(=O)NC(=S)Nc2cc(C(=O)O)ccc2OC)c1. The van der Waals surface area contributed by atoms with Gasteiger partial charge in [0, 0.05) is 11.6 Å². The molecule has 0 fully saturated rings. The fourth-order valence-electron chi connectivity index (χ4n) is 2.21. The number of carboxylic acids is 1. The lowest BCUT2D eigenvalue weighted by molar-refractivity contribution is 0.0696. The van der Waals surface area contributed by atoms with Crippen molar-refractivity contribution >= 4 is 34.9 Å². The molecule has 2 aromatic rings. The second kappa shape index (κ2) is 8.86. The van der Waals surface area contributed by atoms with Crippen LogP contribution in [0.15, 0.2) is 36.4 Å². The summed E-state index contributed by atoms with van der Waals surface area (Å²) in [5, 5.41) is 14.4. The number of carbonyl (C=O) groups is 2. The minimum absolute atomic E-state index is 0.0253. The summed E-state index contributed by atoms with van der Waals surface area (Å²) in [6.45, 7) is 0. The number of amides is 1. The Labute approximate surface area is 161 Å². The molecule has 0 spiro atoms. The van der Waals surface area contributed by atoms with Crippen LogP contribution in [0.3, 0.4) is 0 Å². The number of thiocarbonyl (C=S) groups is 1. The summed E-state index contributed by atoms with van der Waals surface area (Å²) in [6, 6.07) is 8.95. The summed E-state index contributed by atoms with van der Waals surface area (Å²) in [5.41, 5.74) is 0.637. The smallest absolute Gasteiger partial charge is 0.335 e. The monoisotopic (exact) mass is 390 g/mol. The Morgan fingerprint density at radius 3 is 2.07 bits per heavy atom. The maximum Gasteiger partial charge on any atom is 0.335 e. The lowest BCUT2D eigenvalue weighted by Crippen LogP contribution is -2.34. The number of benzene rings is 2. The van der Waals surface area contributed by atoms with Gasteiger partial charge in [-0.2, -0.15) is 0 Å². The molecule has 0 aliphatic rings. The number of methoxy groups -OCH3 is 3. The molecule has 0 aliphatic heterocycles. The number of hydrogen-bond donors (Lipinski definition) is 3. The average molecular weight is 390 g/mol. The number of nitrogens with one attached hydrogen (secondary N) is 2. The van der Waals surface area contributed by atoms with E-state index in [4.69, 9.17) is 31.5 Å². The van der Waals surface area contributed by atoms with Gasteiger partial charge in [-0.1, -0.05) is 0 Å². The molecule has 3 N–H and O–H groups in total. The van der Waals surface area contributed by atoms with Crippen molar-refractivity contribution in [1.82, 2.24) is 5.32 Å². The fourth-order valence-corrected chi connectivity index (χ4v) is 2.41. The van der Waals surface area contributed by atoms with E-state index in [-0.39, 0.29) is 16.2 Å². The second-order valence-electron chi connectivity index (χ2n) is 5.23. The molecule has 2 rings (SSSR count). The quantitative estimate of drug-likeness (QED) is 0.646. The molecule has 1 amide bonds. The van der Waals surface area contributed by atoms with Gasteiger partial charge in [-0.15, -0.1) is 0 Å². The molecule has 0 aromatic heterocycles. The summed E-state index contributed by atoms with van der Waals surface area (Å²) in [6.07, 6.45) is 0. The zero-order valence-electron chi connectivity index (χ0n) is 14.9. The summed E-state index contributed by atoms with van der Waals surface area (Å²) < 4.78 is 15.4. The molecule has 27 heavy (non-hydrogen) atoms. The molecule has 0 radical (unpaired) electrons. The summed E-state index contributed by atoms with van der Waals surface area (Å²) in [5.74, 6) is -0.305. The van der Waals surface area contributed by atoms with E-state index in [1.807, 2.05) is 0 Å². The minimum atomic E-state index is -1.10. The first-order valence-corrected chi connectivity index (χ1v) is 8.05. The van der Waals surface area contributed by atoms with Crippen LogP contribution in [0.2, 0.25) is 0 Å². The minimum Gasteiger partial charge on any atom is -0.497 e. The van der Waals surface area contributed by atoms with Gasteiger partial charge in [0.2, 0.25) is 0 Å². The lowest BCUT2D eigenvalue weighted by atomic mass is 10.2. The van der Waals surface area contributed by atoms with Gasteiger partial charge in [0.25, 0.3) is 5.91 Å². The topological polar surface area (TPSA) is 106 Å². The summed E-state index contributed by atoms with van der Waals surface area (Å²) in [4.78, 5) is 23.6. The first-order valence-electron chi connectivity index (χ1n) is 7.64. The molecule has 8 nitrogen and oxygen atoms in total. The molecule has 2 aromatic carbocycles. The van der Waals surface area contributed by atoms with Crippen molar-refractivity contribution in [3.05, 3.63) is 47.5 Å². The highest BCUT2D eigenvalue weighted by Gasteiger charge is 2.14. The number of rotatable bonds is 6. The van der Waals surface area contributed by atoms with E-state index in [1.54, 1.807) is 6.07 Å². The van der Waals surface area contributed by atoms with Crippen molar-refractivity contribution < 1.29 is 28.9 Å². The van der Waals surface area contributed by atoms with Gasteiger partial charge < -0.3 is 24.6 Å². The normalized spacial score (nSPS) is 9.89. The second-order valence-corrected chi connectivity index (χ2v) is 5.64. The molecule has 0 aliphatic carbocycles. The highest BCUT2D eigenvalue weighted by atomic mass is 32.1. The molecular formula is C18H18N2O6S. The molecule has 0 saturated heterocycles. The Balaban J connectivity index is 2.17. The molecule has 0 atom stereocenters. The van der Waals surface area contributed by atoms with Crippen molar-refractivity contribution in [2.24, 2.45) is 0 Å². The molecule has 9 heteroatoms. The molecule has 0 unspecified atom stereocenters. The zero-order valence-corrected chi connectivity index (χ0v) is 15.7. The number of aromatic carboxylic acids is 1. The molecular weight excluding hydrogens is 372 g/mol. The van der Waals surface area contributed by atoms with Gasteiger partial charge in [0.05, 0.1) is 32.6 Å². The summed E-state index contributed by atoms with van der Waals surface area (Å²) >= 11 is 5.14. The lowest BCUT2D eigenvalue weighted by Gasteiger charge is -2.14. The van der Waals surface area contributed by atoms with Gasteiger partial charge >= 0.3 is 5.97 Å². The standard InChI is InChI=1S/C18H18N2O6S/c1-24-12-6-11(7-13(9-12)25-2)16(21)20-18(27)19-14-8-10(17(22)23)4-5-15(14)26-3/h4-9H,1-3H3,(H,22,23)(H2,19,20,21,27). The Morgan fingerprint density at radius 2 is 1.56 bits per heavy atom. The largest absolute Gasteiger partial charge is 0.497 e.